The number of fused-ring (bicyclic) bond motifs is 3. The first-order chi connectivity index (χ1) is 15.7. The smallest absolute Gasteiger partial charge is 0.321 e. The molecule has 32 heavy (non-hydrogen) atoms. The fourth-order valence-electron chi connectivity index (χ4n) is 5.16. The Morgan fingerprint density at radius 1 is 1.03 bits per heavy atom. The zero-order chi connectivity index (χ0) is 21.5. The Hall–Kier alpha value is -3.74. The normalized spacial score (nSPS) is 19.9. The third-order valence-electron chi connectivity index (χ3n) is 6.81. The molecule has 0 aliphatic carbocycles. The maximum absolute atomic E-state index is 12.9. The van der Waals surface area contributed by atoms with Crippen molar-refractivity contribution in [3.63, 3.8) is 0 Å². The Kier molecular flexibility index (Phi) is 4.41. The maximum Gasteiger partial charge on any atom is 0.321 e. The summed E-state index contributed by atoms with van der Waals surface area (Å²) in [4.78, 5) is 23.4. The van der Waals surface area contributed by atoms with Crippen molar-refractivity contribution in [2.75, 3.05) is 18.4 Å². The van der Waals surface area contributed by atoms with E-state index in [4.69, 9.17) is 5.10 Å². The molecule has 2 aliphatic heterocycles. The van der Waals surface area contributed by atoms with Gasteiger partial charge in [-0.2, -0.15) is 5.10 Å². The summed E-state index contributed by atoms with van der Waals surface area (Å²) in [7, 11) is 0. The summed E-state index contributed by atoms with van der Waals surface area (Å²) in [5.74, 6) is 0. The lowest BCUT2D eigenvalue weighted by molar-refractivity contribution is 0.215. The van der Waals surface area contributed by atoms with Gasteiger partial charge < -0.3 is 10.2 Å². The molecule has 1 N–H and O–H groups in total. The molecule has 5 heterocycles. The highest BCUT2D eigenvalue weighted by atomic mass is 16.2. The highest BCUT2D eigenvalue weighted by molar-refractivity contribution is 5.89. The van der Waals surface area contributed by atoms with Gasteiger partial charge >= 0.3 is 6.03 Å². The summed E-state index contributed by atoms with van der Waals surface area (Å²) < 4.78 is 2.15. The van der Waals surface area contributed by atoms with Crippen LogP contribution in [0.4, 0.5) is 10.5 Å². The van der Waals surface area contributed by atoms with Gasteiger partial charge in [-0.1, -0.05) is 18.2 Å². The van der Waals surface area contributed by atoms with Gasteiger partial charge in [-0.05, 0) is 49.6 Å². The van der Waals surface area contributed by atoms with Crippen molar-refractivity contribution in [3.05, 3.63) is 72.8 Å². The molecule has 1 aromatic carbocycles. The number of likely N-dealkylation sites (tertiary alicyclic amines) is 1. The summed E-state index contributed by atoms with van der Waals surface area (Å²) in [6.07, 6.45) is 8.38. The number of amides is 2. The number of pyridine rings is 2. The zero-order valence-electron chi connectivity index (χ0n) is 17.7. The molecule has 2 aliphatic rings. The number of anilines is 1. The van der Waals surface area contributed by atoms with Crippen molar-refractivity contribution in [1.29, 1.82) is 0 Å². The summed E-state index contributed by atoms with van der Waals surface area (Å²) in [5.41, 5.74) is 4.95. The van der Waals surface area contributed by atoms with Crippen molar-refractivity contribution in [3.8, 4) is 11.3 Å². The zero-order valence-corrected chi connectivity index (χ0v) is 17.7. The molecule has 1 atom stereocenters. The number of aromatic nitrogens is 4. The number of nitrogens with one attached hydrogen (secondary N) is 1. The van der Waals surface area contributed by atoms with Crippen LogP contribution >= 0.6 is 0 Å². The van der Waals surface area contributed by atoms with Crippen LogP contribution in [-0.2, 0) is 12.0 Å². The van der Waals surface area contributed by atoms with Crippen LogP contribution in [0, 0.1) is 0 Å². The van der Waals surface area contributed by atoms with Crippen molar-refractivity contribution in [2.45, 2.75) is 31.2 Å². The molecule has 6 rings (SSSR count). The summed E-state index contributed by atoms with van der Waals surface area (Å²) in [6.45, 7) is 2.38. The van der Waals surface area contributed by atoms with E-state index in [1.54, 1.807) is 12.4 Å². The Morgan fingerprint density at radius 3 is 2.81 bits per heavy atom. The van der Waals surface area contributed by atoms with Gasteiger partial charge in [0, 0.05) is 66.0 Å². The van der Waals surface area contributed by atoms with Gasteiger partial charge in [0.2, 0.25) is 0 Å². The van der Waals surface area contributed by atoms with Crippen molar-refractivity contribution < 1.29 is 4.79 Å². The lowest BCUT2D eigenvalue weighted by atomic mass is 9.77. The Labute approximate surface area is 186 Å². The van der Waals surface area contributed by atoms with Crippen LogP contribution in [0.1, 0.15) is 25.0 Å². The van der Waals surface area contributed by atoms with Crippen LogP contribution in [0.25, 0.3) is 22.2 Å². The second-order valence-corrected chi connectivity index (χ2v) is 8.78. The maximum atomic E-state index is 12.9. The molecule has 2 amide bonds. The summed E-state index contributed by atoms with van der Waals surface area (Å²) >= 11 is 0. The molecule has 0 radical (unpaired) electrons. The summed E-state index contributed by atoms with van der Waals surface area (Å²) in [6, 6.07) is 16.1. The van der Waals surface area contributed by atoms with Gasteiger partial charge in [0.05, 0.1) is 11.2 Å². The molecule has 7 heteroatoms. The van der Waals surface area contributed by atoms with E-state index >= 15 is 0 Å². The number of para-hydroxylation sites is 1. The van der Waals surface area contributed by atoms with Crippen molar-refractivity contribution in [1.82, 2.24) is 24.6 Å². The standard InChI is InChI=1S/C25H24N6O/c32-24(28-20-6-10-26-11-7-20)30-13-9-25(17-30)8-3-12-31-23(25)15-22(29-31)19-14-18-4-1-2-5-21(18)27-16-19/h1-2,4-7,10-11,14-16H,3,8-9,12-13,17H2,(H,26,28,32). The number of hydrogen-bond acceptors (Lipinski definition) is 4. The molecular formula is C25H24N6O. The first-order valence-electron chi connectivity index (χ1n) is 11.1. The second kappa shape index (κ2) is 7.44. The Morgan fingerprint density at radius 2 is 1.91 bits per heavy atom. The second-order valence-electron chi connectivity index (χ2n) is 8.78. The van der Waals surface area contributed by atoms with Crippen LogP contribution in [-0.4, -0.2) is 43.8 Å². The number of benzene rings is 1. The van der Waals surface area contributed by atoms with E-state index in [9.17, 15) is 4.79 Å². The predicted molar refractivity (Wildman–Crippen MR) is 123 cm³/mol. The monoisotopic (exact) mass is 424 g/mol. The predicted octanol–water partition coefficient (Wildman–Crippen LogP) is 4.46. The average Bonchev–Trinajstić information content (AvgIpc) is 3.46. The van der Waals surface area contributed by atoms with E-state index in [0.717, 1.165) is 60.2 Å². The fourth-order valence-corrected chi connectivity index (χ4v) is 5.16. The number of hydrogen-bond donors (Lipinski definition) is 1. The molecule has 3 aromatic heterocycles. The van der Waals surface area contributed by atoms with Crippen LogP contribution in [0.3, 0.4) is 0 Å². The highest BCUT2D eigenvalue weighted by Crippen LogP contribution is 2.43. The third kappa shape index (κ3) is 3.21. The van der Waals surface area contributed by atoms with E-state index in [0.29, 0.717) is 6.54 Å². The summed E-state index contributed by atoms with van der Waals surface area (Å²) in [5, 5.41) is 9.05. The quantitative estimate of drug-likeness (QED) is 0.515. The number of rotatable bonds is 2. The van der Waals surface area contributed by atoms with Gasteiger partial charge in [0.15, 0.2) is 0 Å². The van der Waals surface area contributed by atoms with Crippen molar-refractivity contribution >= 4 is 22.6 Å². The molecule has 0 saturated carbocycles. The van der Waals surface area contributed by atoms with Crippen molar-refractivity contribution in [2.24, 2.45) is 0 Å². The van der Waals surface area contributed by atoms with Gasteiger partial charge in [0.1, 0.15) is 0 Å². The Bertz CT molecular complexity index is 1300. The number of aryl methyl sites for hydroxylation is 1. The number of nitrogens with zero attached hydrogens (tertiary/aromatic N) is 5. The van der Waals surface area contributed by atoms with Gasteiger partial charge in [-0.25, -0.2) is 4.79 Å². The van der Waals surface area contributed by atoms with Gasteiger partial charge in [0.25, 0.3) is 0 Å². The SMILES string of the molecule is O=C(Nc1ccncc1)N1CCC2(CCCn3nc(-c4cnc5ccccc5c4)cc32)C1. The van der Waals surface area contributed by atoms with E-state index in [-0.39, 0.29) is 11.4 Å². The number of carbonyl (C=O) groups is 1. The third-order valence-corrected chi connectivity index (χ3v) is 6.81. The average molecular weight is 425 g/mol. The molecule has 160 valence electrons. The molecule has 1 spiro atoms. The Balaban J connectivity index is 1.28. The number of urea groups is 1. The van der Waals surface area contributed by atoms with Gasteiger partial charge in [-0.3, -0.25) is 14.6 Å². The minimum atomic E-state index is -0.0522. The molecule has 1 fully saturated rings. The van der Waals surface area contributed by atoms with E-state index in [1.165, 1.54) is 5.69 Å². The van der Waals surface area contributed by atoms with Crippen LogP contribution in [0.5, 0.6) is 0 Å². The van der Waals surface area contributed by atoms with Gasteiger partial charge in [-0.15, -0.1) is 0 Å². The first kappa shape index (κ1) is 19.0. The fraction of sp³-hybridized carbons (Fsp3) is 0.280. The largest absolute Gasteiger partial charge is 0.324 e. The highest BCUT2D eigenvalue weighted by Gasteiger charge is 2.45. The molecule has 7 nitrogen and oxygen atoms in total. The molecule has 4 aromatic rings. The lowest BCUT2D eigenvalue weighted by Crippen LogP contribution is -2.39. The van der Waals surface area contributed by atoms with Crippen LogP contribution in [0.15, 0.2) is 67.1 Å². The molecule has 1 unspecified atom stereocenters. The molecular weight excluding hydrogens is 400 g/mol. The van der Waals surface area contributed by atoms with E-state index in [2.05, 4.69) is 38.2 Å². The lowest BCUT2D eigenvalue weighted by Gasteiger charge is -2.34. The minimum Gasteiger partial charge on any atom is -0.324 e. The van der Waals surface area contributed by atoms with Crippen LogP contribution in [0.2, 0.25) is 0 Å². The first-order valence-corrected chi connectivity index (χ1v) is 11.1. The van der Waals surface area contributed by atoms with E-state index in [1.807, 2.05) is 41.4 Å². The minimum absolute atomic E-state index is 0.0383. The topological polar surface area (TPSA) is 75.9 Å². The molecule has 0 bridgehead atoms. The number of carbonyl (C=O) groups excluding carboxylic acids is 1. The molecule has 1 saturated heterocycles. The van der Waals surface area contributed by atoms with E-state index < -0.39 is 0 Å². The van der Waals surface area contributed by atoms with Crippen LogP contribution < -0.4 is 5.32 Å².